The fourth-order valence-corrected chi connectivity index (χ4v) is 4.67. The molecule has 1 unspecified atom stereocenters. The minimum absolute atomic E-state index is 0.316. The van der Waals surface area contributed by atoms with Crippen molar-refractivity contribution in [2.45, 2.75) is 25.0 Å². The van der Waals surface area contributed by atoms with Crippen LogP contribution in [0, 0.1) is 0 Å². The number of carboxylic acids is 1. The Morgan fingerprint density at radius 1 is 1.50 bits per heavy atom. The van der Waals surface area contributed by atoms with E-state index in [1.54, 1.807) is 12.1 Å². The Morgan fingerprint density at radius 2 is 2.35 bits per heavy atom. The quantitative estimate of drug-likeness (QED) is 0.842. The number of aryl methyl sites for hydroxylation is 1. The van der Waals surface area contributed by atoms with Gasteiger partial charge in [-0.05, 0) is 18.6 Å². The second-order valence-electron chi connectivity index (χ2n) is 4.74. The van der Waals surface area contributed by atoms with Crippen molar-refractivity contribution in [1.82, 2.24) is 4.98 Å². The Bertz CT molecular complexity index is 462. The first-order valence-corrected chi connectivity index (χ1v) is 9.07. The molecular weight excluding hydrogens is 292 g/mol. The second kappa shape index (κ2) is 7.78. The Labute approximate surface area is 128 Å². The number of nitrogens with one attached hydrogen (secondary N) is 1. The predicted molar refractivity (Wildman–Crippen MR) is 87.3 cm³/mol. The molecule has 1 saturated heterocycles. The Hall–Kier alpha value is -0.880. The van der Waals surface area contributed by atoms with Crippen LogP contribution in [0.5, 0.6) is 0 Å². The second-order valence-corrected chi connectivity index (χ2v) is 7.29. The summed E-state index contributed by atoms with van der Waals surface area (Å²) in [4.78, 5) is 15.7. The maximum Gasteiger partial charge on any atom is 0.335 e. The highest BCUT2D eigenvalue weighted by Gasteiger charge is 2.15. The number of rotatable bonds is 6. The molecule has 110 valence electrons. The molecule has 1 fully saturated rings. The number of aromatic nitrogens is 1. The van der Waals surface area contributed by atoms with E-state index in [-0.39, 0.29) is 0 Å². The van der Waals surface area contributed by atoms with E-state index in [0.717, 1.165) is 30.8 Å². The fourth-order valence-electron chi connectivity index (χ4n) is 2.06. The highest BCUT2D eigenvalue weighted by atomic mass is 32.2. The lowest BCUT2D eigenvalue weighted by Gasteiger charge is -2.21. The summed E-state index contributed by atoms with van der Waals surface area (Å²) in [5.41, 5.74) is 1.16. The first-order chi connectivity index (χ1) is 9.69. The van der Waals surface area contributed by atoms with E-state index < -0.39 is 5.97 Å². The van der Waals surface area contributed by atoms with Crippen LogP contribution in [0.25, 0.3) is 0 Å². The fraction of sp³-hybridized carbons (Fsp3) is 0.571. The topological polar surface area (TPSA) is 62.2 Å². The van der Waals surface area contributed by atoms with Crippen molar-refractivity contribution in [2.75, 3.05) is 29.1 Å². The van der Waals surface area contributed by atoms with E-state index in [4.69, 9.17) is 5.11 Å². The highest BCUT2D eigenvalue weighted by Crippen LogP contribution is 2.24. The number of aromatic carboxylic acids is 1. The van der Waals surface area contributed by atoms with E-state index in [1.807, 2.05) is 23.5 Å². The summed E-state index contributed by atoms with van der Waals surface area (Å²) in [6.45, 7) is 2.91. The van der Waals surface area contributed by atoms with Crippen LogP contribution in [-0.2, 0) is 6.42 Å². The molecule has 1 aromatic heterocycles. The van der Waals surface area contributed by atoms with Crippen LogP contribution in [0.4, 0.5) is 5.82 Å². The number of nitrogens with zero attached hydrogens (tertiary/aromatic N) is 1. The average Bonchev–Trinajstić information content (AvgIpc) is 2.46. The van der Waals surface area contributed by atoms with Gasteiger partial charge in [-0.1, -0.05) is 13.3 Å². The molecule has 2 rings (SSSR count). The number of pyridine rings is 1. The standard InChI is InChI=1S/C14H20N2O2S2/c1-2-3-11-6-10(14(17)18)7-13(16-11)15-8-12-9-19-4-5-20-12/h6-7,12H,2-5,8-9H2,1H3,(H,15,16)(H,17,18). The van der Waals surface area contributed by atoms with Crippen LogP contribution in [-0.4, -0.2) is 45.1 Å². The van der Waals surface area contributed by atoms with Gasteiger partial charge in [0, 0.05) is 34.7 Å². The van der Waals surface area contributed by atoms with Crippen LogP contribution in [0.1, 0.15) is 29.4 Å². The van der Waals surface area contributed by atoms with Gasteiger partial charge in [-0.25, -0.2) is 9.78 Å². The summed E-state index contributed by atoms with van der Waals surface area (Å²) in [5.74, 6) is 3.37. The lowest BCUT2D eigenvalue weighted by atomic mass is 10.1. The molecule has 1 aliphatic rings. The summed E-state index contributed by atoms with van der Waals surface area (Å²) in [5, 5.41) is 13.0. The molecule has 2 heterocycles. The van der Waals surface area contributed by atoms with Gasteiger partial charge in [-0.2, -0.15) is 23.5 Å². The average molecular weight is 312 g/mol. The van der Waals surface area contributed by atoms with Crippen molar-refractivity contribution in [1.29, 1.82) is 0 Å². The third-order valence-electron chi connectivity index (χ3n) is 3.03. The Kier molecular flexibility index (Phi) is 6.04. The molecule has 0 amide bonds. The molecule has 1 atom stereocenters. The predicted octanol–water partition coefficient (Wildman–Crippen LogP) is 2.99. The number of anilines is 1. The largest absolute Gasteiger partial charge is 0.478 e. The molecule has 0 bridgehead atoms. The minimum Gasteiger partial charge on any atom is -0.478 e. The zero-order valence-corrected chi connectivity index (χ0v) is 13.2. The van der Waals surface area contributed by atoms with Crippen molar-refractivity contribution in [3.63, 3.8) is 0 Å². The zero-order chi connectivity index (χ0) is 14.4. The first kappa shape index (κ1) is 15.5. The third kappa shape index (κ3) is 4.59. The Balaban J connectivity index is 2.03. The lowest BCUT2D eigenvalue weighted by molar-refractivity contribution is 0.0696. The van der Waals surface area contributed by atoms with Crippen LogP contribution in [0.2, 0.25) is 0 Å². The molecule has 6 heteroatoms. The minimum atomic E-state index is -0.893. The summed E-state index contributed by atoms with van der Waals surface area (Å²) < 4.78 is 0. The molecule has 0 saturated carbocycles. The highest BCUT2D eigenvalue weighted by molar-refractivity contribution is 8.06. The SMILES string of the molecule is CCCc1cc(C(=O)O)cc(NCC2CSCCS2)n1. The number of thioether (sulfide) groups is 2. The van der Waals surface area contributed by atoms with Gasteiger partial charge in [0.1, 0.15) is 5.82 Å². The molecular formula is C14H20N2O2S2. The molecule has 0 aromatic carbocycles. The molecule has 0 aliphatic carbocycles. The summed E-state index contributed by atoms with van der Waals surface area (Å²) in [7, 11) is 0. The zero-order valence-electron chi connectivity index (χ0n) is 11.6. The molecule has 0 spiro atoms. The third-order valence-corrected chi connectivity index (χ3v) is 5.87. The number of hydrogen-bond acceptors (Lipinski definition) is 5. The lowest BCUT2D eigenvalue weighted by Crippen LogP contribution is -2.23. The number of carboxylic acid groups (broad SMARTS) is 1. The molecule has 4 nitrogen and oxygen atoms in total. The van der Waals surface area contributed by atoms with Gasteiger partial charge in [-0.15, -0.1) is 0 Å². The van der Waals surface area contributed by atoms with E-state index in [2.05, 4.69) is 17.2 Å². The van der Waals surface area contributed by atoms with Crippen LogP contribution in [0.15, 0.2) is 12.1 Å². The van der Waals surface area contributed by atoms with Gasteiger partial charge in [-0.3, -0.25) is 0 Å². The molecule has 2 N–H and O–H groups in total. The van der Waals surface area contributed by atoms with Gasteiger partial charge in [0.05, 0.1) is 5.56 Å². The van der Waals surface area contributed by atoms with E-state index in [1.165, 1.54) is 11.5 Å². The molecule has 1 aliphatic heterocycles. The van der Waals surface area contributed by atoms with Gasteiger partial charge in [0.15, 0.2) is 0 Å². The maximum absolute atomic E-state index is 11.2. The maximum atomic E-state index is 11.2. The summed E-state index contributed by atoms with van der Waals surface area (Å²) in [6, 6.07) is 3.30. The smallest absolute Gasteiger partial charge is 0.335 e. The van der Waals surface area contributed by atoms with Crippen molar-refractivity contribution in [3.05, 3.63) is 23.4 Å². The van der Waals surface area contributed by atoms with Crippen molar-refractivity contribution in [2.24, 2.45) is 0 Å². The van der Waals surface area contributed by atoms with Gasteiger partial charge < -0.3 is 10.4 Å². The van der Waals surface area contributed by atoms with Gasteiger partial charge in [0.25, 0.3) is 0 Å². The van der Waals surface area contributed by atoms with Crippen molar-refractivity contribution >= 4 is 35.3 Å². The molecule has 1 aromatic rings. The van der Waals surface area contributed by atoms with Crippen LogP contribution < -0.4 is 5.32 Å². The number of carbonyl (C=O) groups is 1. The Morgan fingerprint density at radius 3 is 3.00 bits per heavy atom. The van der Waals surface area contributed by atoms with Crippen LogP contribution >= 0.6 is 23.5 Å². The first-order valence-electron chi connectivity index (χ1n) is 6.86. The van der Waals surface area contributed by atoms with Crippen molar-refractivity contribution < 1.29 is 9.90 Å². The van der Waals surface area contributed by atoms with Crippen LogP contribution in [0.3, 0.4) is 0 Å². The number of hydrogen-bond donors (Lipinski definition) is 2. The van der Waals surface area contributed by atoms with E-state index in [9.17, 15) is 4.79 Å². The van der Waals surface area contributed by atoms with E-state index in [0.29, 0.717) is 16.6 Å². The summed E-state index contributed by atoms with van der Waals surface area (Å²) in [6.07, 6.45) is 1.77. The molecule has 0 radical (unpaired) electrons. The molecule has 20 heavy (non-hydrogen) atoms. The van der Waals surface area contributed by atoms with Gasteiger partial charge in [0.2, 0.25) is 0 Å². The monoisotopic (exact) mass is 312 g/mol. The van der Waals surface area contributed by atoms with E-state index >= 15 is 0 Å². The normalized spacial score (nSPS) is 18.8. The van der Waals surface area contributed by atoms with Crippen molar-refractivity contribution in [3.8, 4) is 0 Å². The van der Waals surface area contributed by atoms with Gasteiger partial charge >= 0.3 is 5.97 Å². The summed E-state index contributed by atoms with van der Waals surface area (Å²) >= 11 is 3.96.